The van der Waals surface area contributed by atoms with Crippen molar-refractivity contribution in [3.63, 3.8) is 0 Å². The third kappa shape index (κ3) is 8.02. The van der Waals surface area contributed by atoms with Gasteiger partial charge in [0.25, 0.3) is 0 Å². The SMILES string of the molecule is CCNC(=NCc1cccc(NC(=O)CN(C)C)c1)N1CCC(CC(=O)NC)CC1. The Morgan fingerprint density at radius 3 is 2.57 bits per heavy atom. The van der Waals surface area contributed by atoms with Gasteiger partial charge in [0.1, 0.15) is 0 Å². The summed E-state index contributed by atoms with van der Waals surface area (Å²) in [5, 5.41) is 9.02. The van der Waals surface area contributed by atoms with Gasteiger partial charge in [-0.05, 0) is 57.5 Å². The molecule has 0 saturated carbocycles. The van der Waals surface area contributed by atoms with E-state index < -0.39 is 0 Å². The number of carbonyl (C=O) groups is 2. The molecule has 0 aromatic heterocycles. The Balaban J connectivity index is 1.95. The molecular weight excluding hydrogens is 380 g/mol. The van der Waals surface area contributed by atoms with Gasteiger partial charge in [0.05, 0.1) is 13.1 Å². The zero-order chi connectivity index (χ0) is 21.9. The number of carbonyl (C=O) groups excluding carboxylic acids is 2. The van der Waals surface area contributed by atoms with Crippen LogP contribution in [0.15, 0.2) is 29.3 Å². The molecule has 2 amide bonds. The second-order valence-corrected chi connectivity index (χ2v) is 7.96. The Morgan fingerprint density at radius 1 is 1.20 bits per heavy atom. The molecule has 1 aliphatic rings. The van der Waals surface area contributed by atoms with Gasteiger partial charge in [0.15, 0.2) is 5.96 Å². The van der Waals surface area contributed by atoms with Gasteiger partial charge in [-0.25, -0.2) is 4.99 Å². The number of rotatable bonds is 8. The topological polar surface area (TPSA) is 89.1 Å². The highest BCUT2D eigenvalue weighted by Crippen LogP contribution is 2.20. The molecule has 1 aromatic carbocycles. The number of aliphatic imine (C=N–C) groups is 1. The van der Waals surface area contributed by atoms with E-state index in [9.17, 15) is 9.59 Å². The molecule has 166 valence electrons. The molecule has 0 unspecified atom stereocenters. The van der Waals surface area contributed by atoms with Crippen molar-refractivity contribution in [1.29, 1.82) is 0 Å². The number of nitrogens with one attached hydrogen (secondary N) is 3. The van der Waals surface area contributed by atoms with Crippen LogP contribution in [0.2, 0.25) is 0 Å². The molecular formula is C22H36N6O2. The number of guanidine groups is 1. The van der Waals surface area contributed by atoms with E-state index in [1.165, 1.54) is 0 Å². The molecule has 1 fully saturated rings. The molecule has 0 radical (unpaired) electrons. The van der Waals surface area contributed by atoms with E-state index in [1.54, 1.807) is 7.05 Å². The van der Waals surface area contributed by atoms with Crippen LogP contribution in [0.1, 0.15) is 31.7 Å². The Hall–Kier alpha value is -2.61. The monoisotopic (exact) mass is 416 g/mol. The van der Waals surface area contributed by atoms with Crippen LogP contribution >= 0.6 is 0 Å². The first-order valence-electron chi connectivity index (χ1n) is 10.7. The number of anilines is 1. The van der Waals surface area contributed by atoms with Crippen molar-refractivity contribution >= 4 is 23.5 Å². The van der Waals surface area contributed by atoms with Crippen molar-refractivity contribution < 1.29 is 9.59 Å². The second-order valence-electron chi connectivity index (χ2n) is 7.96. The average molecular weight is 417 g/mol. The van der Waals surface area contributed by atoms with Crippen LogP contribution in [-0.2, 0) is 16.1 Å². The van der Waals surface area contributed by atoms with Crippen molar-refractivity contribution in [2.75, 3.05) is 52.6 Å². The molecule has 0 bridgehead atoms. The molecule has 0 atom stereocenters. The molecule has 1 aromatic rings. The van der Waals surface area contributed by atoms with Gasteiger partial charge in [0, 0.05) is 38.8 Å². The number of benzene rings is 1. The molecule has 30 heavy (non-hydrogen) atoms. The number of nitrogens with zero attached hydrogens (tertiary/aromatic N) is 3. The minimum absolute atomic E-state index is 0.0337. The third-order valence-corrected chi connectivity index (χ3v) is 5.08. The van der Waals surface area contributed by atoms with Gasteiger partial charge in [-0.3, -0.25) is 9.59 Å². The van der Waals surface area contributed by atoms with Crippen LogP contribution in [0.25, 0.3) is 0 Å². The van der Waals surface area contributed by atoms with E-state index >= 15 is 0 Å². The highest BCUT2D eigenvalue weighted by atomic mass is 16.2. The smallest absolute Gasteiger partial charge is 0.238 e. The van der Waals surface area contributed by atoms with E-state index in [0.717, 1.165) is 49.7 Å². The Bertz CT molecular complexity index is 726. The van der Waals surface area contributed by atoms with Gasteiger partial charge in [0.2, 0.25) is 11.8 Å². The largest absolute Gasteiger partial charge is 0.359 e. The maximum Gasteiger partial charge on any atom is 0.238 e. The number of hydrogen-bond acceptors (Lipinski definition) is 4. The Morgan fingerprint density at radius 2 is 1.93 bits per heavy atom. The lowest BCUT2D eigenvalue weighted by Crippen LogP contribution is -2.46. The third-order valence-electron chi connectivity index (χ3n) is 5.08. The zero-order valence-electron chi connectivity index (χ0n) is 18.7. The number of amides is 2. The quantitative estimate of drug-likeness (QED) is 0.441. The van der Waals surface area contributed by atoms with Crippen LogP contribution in [-0.4, -0.2) is 74.9 Å². The highest BCUT2D eigenvalue weighted by molar-refractivity contribution is 5.92. The first-order valence-corrected chi connectivity index (χ1v) is 10.7. The maximum atomic E-state index is 12.0. The van der Waals surface area contributed by atoms with E-state index in [-0.39, 0.29) is 11.8 Å². The molecule has 1 heterocycles. The summed E-state index contributed by atoms with van der Waals surface area (Å²) in [5.74, 6) is 1.42. The van der Waals surface area contributed by atoms with Gasteiger partial charge in [-0.15, -0.1) is 0 Å². The van der Waals surface area contributed by atoms with Crippen LogP contribution in [0, 0.1) is 5.92 Å². The molecule has 1 aliphatic heterocycles. The number of piperidine rings is 1. The maximum absolute atomic E-state index is 12.0. The molecule has 1 saturated heterocycles. The lowest BCUT2D eigenvalue weighted by atomic mass is 9.93. The van der Waals surface area contributed by atoms with E-state index in [1.807, 2.05) is 43.3 Å². The Kier molecular flexibility index (Phi) is 9.60. The van der Waals surface area contributed by atoms with Crippen molar-refractivity contribution in [1.82, 2.24) is 20.4 Å². The van der Waals surface area contributed by atoms with Crippen molar-refractivity contribution in [2.24, 2.45) is 10.9 Å². The lowest BCUT2D eigenvalue weighted by molar-refractivity contribution is -0.121. The summed E-state index contributed by atoms with van der Waals surface area (Å²) in [7, 11) is 5.43. The van der Waals surface area contributed by atoms with Crippen LogP contribution < -0.4 is 16.0 Å². The lowest BCUT2D eigenvalue weighted by Gasteiger charge is -2.34. The summed E-state index contributed by atoms with van der Waals surface area (Å²) in [4.78, 5) is 32.5. The summed E-state index contributed by atoms with van der Waals surface area (Å²) in [6.45, 7) is 5.55. The molecule has 3 N–H and O–H groups in total. The summed E-state index contributed by atoms with van der Waals surface area (Å²) in [6, 6.07) is 7.82. The van der Waals surface area contributed by atoms with Gasteiger partial charge >= 0.3 is 0 Å². The standard InChI is InChI=1S/C22H36N6O2/c1-5-24-22(28-11-9-17(10-12-28)14-20(29)23-2)25-15-18-7-6-8-19(13-18)26-21(30)16-27(3)4/h6-8,13,17H,5,9-12,14-16H2,1-4H3,(H,23,29)(H,24,25)(H,26,30). The first-order chi connectivity index (χ1) is 14.4. The van der Waals surface area contributed by atoms with Gasteiger partial charge in [-0.1, -0.05) is 12.1 Å². The van der Waals surface area contributed by atoms with E-state index in [2.05, 4.69) is 27.8 Å². The highest BCUT2D eigenvalue weighted by Gasteiger charge is 2.23. The summed E-state index contributed by atoms with van der Waals surface area (Å²) in [5.41, 5.74) is 1.83. The normalized spacial score (nSPS) is 15.2. The fourth-order valence-electron chi connectivity index (χ4n) is 3.54. The first kappa shape index (κ1) is 23.7. The van der Waals surface area contributed by atoms with Gasteiger partial charge in [-0.2, -0.15) is 0 Å². The summed E-state index contributed by atoms with van der Waals surface area (Å²) >= 11 is 0. The summed E-state index contributed by atoms with van der Waals surface area (Å²) in [6.07, 6.45) is 2.58. The molecule has 2 rings (SSSR count). The van der Waals surface area contributed by atoms with Crippen molar-refractivity contribution in [3.8, 4) is 0 Å². The minimum atomic E-state index is -0.0337. The summed E-state index contributed by atoms with van der Waals surface area (Å²) < 4.78 is 0. The fourth-order valence-corrected chi connectivity index (χ4v) is 3.54. The second kappa shape index (κ2) is 12.2. The molecule has 0 aliphatic carbocycles. The number of likely N-dealkylation sites (tertiary alicyclic amines) is 1. The van der Waals surface area contributed by atoms with Crippen molar-refractivity contribution in [3.05, 3.63) is 29.8 Å². The van der Waals surface area contributed by atoms with E-state index in [4.69, 9.17) is 4.99 Å². The van der Waals surface area contributed by atoms with Crippen LogP contribution in [0.5, 0.6) is 0 Å². The van der Waals surface area contributed by atoms with Gasteiger partial charge < -0.3 is 25.8 Å². The number of likely N-dealkylation sites (N-methyl/N-ethyl adjacent to an activating group) is 1. The fraction of sp³-hybridized carbons (Fsp3) is 0.591. The molecule has 8 nitrogen and oxygen atoms in total. The molecule has 0 spiro atoms. The predicted molar refractivity (Wildman–Crippen MR) is 121 cm³/mol. The average Bonchev–Trinajstić information content (AvgIpc) is 2.71. The minimum Gasteiger partial charge on any atom is -0.359 e. The number of hydrogen-bond donors (Lipinski definition) is 3. The zero-order valence-corrected chi connectivity index (χ0v) is 18.7. The van der Waals surface area contributed by atoms with Crippen LogP contribution in [0.4, 0.5) is 5.69 Å². The molecule has 8 heteroatoms. The Labute approximate surface area is 180 Å². The van der Waals surface area contributed by atoms with Crippen molar-refractivity contribution in [2.45, 2.75) is 32.7 Å². The van der Waals surface area contributed by atoms with E-state index in [0.29, 0.717) is 25.4 Å². The van der Waals surface area contributed by atoms with Crippen LogP contribution in [0.3, 0.4) is 0 Å². The predicted octanol–water partition coefficient (Wildman–Crippen LogP) is 1.50.